The van der Waals surface area contributed by atoms with Crippen molar-refractivity contribution in [3.05, 3.63) is 28.8 Å². The van der Waals surface area contributed by atoms with Gasteiger partial charge >= 0.3 is 6.18 Å². The van der Waals surface area contributed by atoms with Crippen LogP contribution < -0.4 is 10.6 Å². The Hall–Kier alpha value is -1.01. The average Bonchev–Trinajstić information content (AvgIpc) is 2.24. The van der Waals surface area contributed by atoms with E-state index >= 15 is 0 Å². The van der Waals surface area contributed by atoms with Crippen LogP contribution in [0.5, 0.6) is 0 Å². The van der Waals surface area contributed by atoms with Crippen molar-refractivity contribution in [1.82, 2.24) is 0 Å². The minimum atomic E-state index is -4.28. The monoisotopic (exact) mass is 296 g/mol. The number of anilines is 1. The molecule has 1 rings (SSSR count). The number of benzene rings is 1. The van der Waals surface area contributed by atoms with E-state index in [0.717, 1.165) is 4.90 Å². The van der Waals surface area contributed by atoms with Gasteiger partial charge in [-0.1, -0.05) is 23.8 Å². The van der Waals surface area contributed by atoms with Gasteiger partial charge in [0.05, 0.1) is 10.7 Å². The largest absolute Gasteiger partial charge is 0.405 e. The van der Waals surface area contributed by atoms with E-state index in [1.54, 1.807) is 13.0 Å². The minimum absolute atomic E-state index is 0.155. The number of nitrogens with two attached hydrogens (primary N) is 1. The highest BCUT2D eigenvalue weighted by Crippen LogP contribution is 2.29. The summed E-state index contributed by atoms with van der Waals surface area (Å²) in [4.78, 5) is 1.30. The van der Waals surface area contributed by atoms with Crippen molar-refractivity contribution in [2.24, 2.45) is 5.73 Å². The summed E-state index contributed by atoms with van der Waals surface area (Å²) in [6.07, 6.45) is -4.28. The van der Waals surface area contributed by atoms with Crippen LogP contribution in [-0.2, 0) is 0 Å². The lowest BCUT2D eigenvalue weighted by atomic mass is 10.2. The van der Waals surface area contributed by atoms with Crippen molar-refractivity contribution in [3.63, 3.8) is 0 Å². The molecule has 7 heteroatoms. The normalized spacial score (nSPS) is 11.4. The first-order valence-electron chi connectivity index (χ1n) is 5.15. The van der Waals surface area contributed by atoms with Crippen molar-refractivity contribution in [3.8, 4) is 0 Å². The van der Waals surface area contributed by atoms with Crippen LogP contribution in [0.3, 0.4) is 0 Å². The molecule has 2 N–H and O–H groups in total. The maximum Gasteiger partial charge on any atom is 0.405 e. The molecule has 1 aromatic carbocycles. The number of hydrogen-bond donors (Lipinski definition) is 1. The van der Waals surface area contributed by atoms with Gasteiger partial charge in [-0.3, -0.25) is 0 Å². The minimum Gasteiger partial charge on any atom is -0.389 e. The molecule has 0 saturated carbocycles. The fourth-order valence-corrected chi connectivity index (χ4v) is 1.93. The zero-order valence-corrected chi connectivity index (χ0v) is 11.2. The summed E-state index contributed by atoms with van der Waals surface area (Å²) in [5.41, 5.74) is 6.27. The van der Waals surface area contributed by atoms with Crippen LogP contribution in [-0.4, -0.2) is 24.3 Å². The average molecular weight is 297 g/mol. The molecule has 0 aliphatic rings. The Morgan fingerprint density at radius 1 is 1.44 bits per heavy atom. The predicted molar refractivity (Wildman–Crippen MR) is 71.3 cm³/mol. The highest BCUT2D eigenvalue weighted by atomic mass is 35.5. The summed E-state index contributed by atoms with van der Waals surface area (Å²) in [6, 6.07) is 4.52. The topological polar surface area (TPSA) is 29.3 Å². The molecule has 1 aromatic rings. The van der Waals surface area contributed by atoms with Gasteiger partial charge in [-0.25, -0.2) is 0 Å². The Balaban J connectivity index is 3.04. The third kappa shape index (κ3) is 4.03. The van der Waals surface area contributed by atoms with Gasteiger partial charge in [0.1, 0.15) is 11.5 Å². The molecule has 0 unspecified atom stereocenters. The number of nitrogens with zero attached hydrogens (tertiary/aromatic N) is 1. The molecular formula is C11H12ClF3N2S. The van der Waals surface area contributed by atoms with Gasteiger partial charge in [-0.2, -0.15) is 13.2 Å². The van der Waals surface area contributed by atoms with Crippen LogP contribution >= 0.6 is 23.8 Å². The Morgan fingerprint density at radius 3 is 2.44 bits per heavy atom. The second kappa shape index (κ2) is 5.75. The van der Waals surface area contributed by atoms with Crippen molar-refractivity contribution >= 4 is 34.5 Å². The molecule has 0 amide bonds. The molecule has 0 saturated heterocycles. The first-order chi connectivity index (χ1) is 8.24. The lowest BCUT2D eigenvalue weighted by Gasteiger charge is -2.25. The number of halogens is 4. The van der Waals surface area contributed by atoms with Crippen molar-refractivity contribution < 1.29 is 13.2 Å². The molecule has 0 aliphatic carbocycles. The Bertz CT molecular complexity index is 448. The molecule has 0 heterocycles. The molecule has 18 heavy (non-hydrogen) atoms. The highest BCUT2D eigenvalue weighted by Gasteiger charge is 2.31. The zero-order chi connectivity index (χ0) is 13.9. The lowest BCUT2D eigenvalue weighted by molar-refractivity contribution is -0.119. The van der Waals surface area contributed by atoms with Crippen LogP contribution in [0.15, 0.2) is 18.2 Å². The number of thiocarbonyl (C=S) groups is 1. The van der Waals surface area contributed by atoms with E-state index in [1.165, 1.54) is 12.1 Å². The molecule has 2 nitrogen and oxygen atoms in total. The standard InChI is InChI=1S/C11H12ClF3N2S/c1-2-17(6-11(13,14)15)9-4-3-7(10(16)18)5-8(9)12/h3-5H,2,6H2,1H3,(H2,16,18). The molecular weight excluding hydrogens is 285 g/mol. The maximum atomic E-state index is 12.4. The molecule has 0 atom stereocenters. The maximum absolute atomic E-state index is 12.4. The van der Waals surface area contributed by atoms with Gasteiger partial charge in [0, 0.05) is 12.1 Å². The van der Waals surface area contributed by atoms with E-state index in [9.17, 15) is 13.2 Å². The van der Waals surface area contributed by atoms with Gasteiger partial charge in [-0.05, 0) is 25.1 Å². The molecule has 0 radical (unpaired) electrons. The Morgan fingerprint density at radius 2 is 2.06 bits per heavy atom. The molecule has 0 bridgehead atoms. The molecule has 0 aromatic heterocycles. The van der Waals surface area contributed by atoms with E-state index in [1.807, 2.05) is 0 Å². The smallest absolute Gasteiger partial charge is 0.389 e. The van der Waals surface area contributed by atoms with E-state index in [4.69, 9.17) is 29.6 Å². The summed E-state index contributed by atoms with van der Waals surface area (Å²) < 4.78 is 37.2. The van der Waals surface area contributed by atoms with E-state index in [-0.39, 0.29) is 16.6 Å². The Labute approximate surface area is 114 Å². The first kappa shape index (κ1) is 15.0. The lowest BCUT2D eigenvalue weighted by Crippen LogP contribution is -2.34. The van der Waals surface area contributed by atoms with E-state index in [0.29, 0.717) is 11.3 Å². The third-order valence-electron chi connectivity index (χ3n) is 2.32. The number of rotatable bonds is 4. The number of alkyl halides is 3. The quantitative estimate of drug-likeness (QED) is 0.864. The Kier molecular flexibility index (Phi) is 4.81. The summed E-state index contributed by atoms with van der Waals surface area (Å²) in [5.74, 6) is 0. The summed E-state index contributed by atoms with van der Waals surface area (Å²) >= 11 is 10.7. The molecule has 0 spiro atoms. The second-order valence-corrected chi connectivity index (χ2v) is 4.51. The van der Waals surface area contributed by atoms with Crippen LogP contribution in [0.4, 0.5) is 18.9 Å². The third-order valence-corrected chi connectivity index (χ3v) is 2.86. The molecule has 100 valence electrons. The number of hydrogen-bond acceptors (Lipinski definition) is 2. The van der Waals surface area contributed by atoms with E-state index in [2.05, 4.69) is 0 Å². The van der Waals surface area contributed by atoms with Crippen LogP contribution in [0.25, 0.3) is 0 Å². The van der Waals surface area contributed by atoms with Crippen molar-refractivity contribution in [2.45, 2.75) is 13.1 Å². The van der Waals surface area contributed by atoms with Gasteiger partial charge in [0.2, 0.25) is 0 Å². The van der Waals surface area contributed by atoms with Crippen molar-refractivity contribution in [1.29, 1.82) is 0 Å². The first-order valence-corrected chi connectivity index (χ1v) is 5.94. The fourth-order valence-electron chi connectivity index (χ4n) is 1.50. The SMILES string of the molecule is CCN(CC(F)(F)F)c1ccc(C(N)=S)cc1Cl. The van der Waals surface area contributed by atoms with Gasteiger partial charge < -0.3 is 10.6 Å². The zero-order valence-electron chi connectivity index (χ0n) is 9.59. The summed E-state index contributed by atoms with van der Waals surface area (Å²) in [5, 5.41) is 0.200. The van der Waals surface area contributed by atoms with E-state index < -0.39 is 12.7 Å². The van der Waals surface area contributed by atoms with Crippen LogP contribution in [0.2, 0.25) is 5.02 Å². The van der Waals surface area contributed by atoms with Gasteiger partial charge in [0.15, 0.2) is 0 Å². The summed E-state index contributed by atoms with van der Waals surface area (Å²) in [6.45, 7) is 0.783. The molecule has 0 aliphatic heterocycles. The highest BCUT2D eigenvalue weighted by molar-refractivity contribution is 7.80. The fraction of sp³-hybridized carbons (Fsp3) is 0.364. The van der Waals surface area contributed by atoms with Crippen LogP contribution in [0, 0.1) is 0 Å². The van der Waals surface area contributed by atoms with Gasteiger partial charge in [0.25, 0.3) is 0 Å². The van der Waals surface area contributed by atoms with Crippen LogP contribution in [0.1, 0.15) is 12.5 Å². The molecule has 0 fully saturated rings. The predicted octanol–water partition coefficient (Wildman–Crippen LogP) is 3.36. The summed E-state index contributed by atoms with van der Waals surface area (Å²) in [7, 11) is 0. The second-order valence-electron chi connectivity index (χ2n) is 3.66. The van der Waals surface area contributed by atoms with Crippen molar-refractivity contribution in [2.75, 3.05) is 18.0 Å². The van der Waals surface area contributed by atoms with Gasteiger partial charge in [-0.15, -0.1) is 0 Å².